The number of benzene rings is 1. The molecule has 0 aliphatic carbocycles. The molecule has 0 saturated carbocycles. The van der Waals surface area contributed by atoms with Gasteiger partial charge in [-0.2, -0.15) is 0 Å². The van der Waals surface area contributed by atoms with Crippen molar-refractivity contribution in [2.24, 2.45) is 0 Å². The maximum atomic E-state index is 5.79. The van der Waals surface area contributed by atoms with Gasteiger partial charge in [-0.25, -0.2) is 4.98 Å². The summed E-state index contributed by atoms with van der Waals surface area (Å²) in [5.74, 6) is 1.49. The van der Waals surface area contributed by atoms with Crippen LogP contribution in [0.25, 0.3) is 0 Å². The minimum absolute atomic E-state index is 0.627. The van der Waals surface area contributed by atoms with Crippen molar-refractivity contribution in [2.45, 2.75) is 17.6 Å². The standard InChI is InChI=1S/C13H14N2S/c1-10-4-2-6-12(8-10)16-9-11-5-3-7-15-13(11)14/h2-8H,9H2,1H3,(H2,14,15). The van der Waals surface area contributed by atoms with Crippen molar-refractivity contribution in [3.8, 4) is 0 Å². The number of nitrogen functional groups attached to an aromatic ring is 1. The van der Waals surface area contributed by atoms with Crippen molar-refractivity contribution >= 4 is 17.6 Å². The molecule has 1 aromatic heterocycles. The van der Waals surface area contributed by atoms with Gasteiger partial charge in [-0.3, -0.25) is 0 Å². The molecule has 2 aromatic rings. The molecular formula is C13H14N2S. The van der Waals surface area contributed by atoms with Crippen molar-refractivity contribution in [2.75, 3.05) is 5.73 Å². The summed E-state index contributed by atoms with van der Waals surface area (Å²) in [6.45, 7) is 2.10. The van der Waals surface area contributed by atoms with E-state index in [4.69, 9.17) is 5.73 Å². The second-order valence-electron chi connectivity index (χ2n) is 3.65. The van der Waals surface area contributed by atoms with Gasteiger partial charge in [0.15, 0.2) is 0 Å². The molecule has 0 fully saturated rings. The van der Waals surface area contributed by atoms with Crippen LogP contribution in [-0.2, 0) is 5.75 Å². The average Bonchev–Trinajstić information content (AvgIpc) is 2.28. The van der Waals surface area contributed by atoms with E-state index in [1.165, 1.54) is 10.5 Å². The predicted octanol–water partition coefficient (Wildman–Crippen LogP) is 3.26. The van der Waals surface area contributed by atoms with E-state index < -0.39 is 0 Å². The second kappa shape index (κ2) is 5.03. The fourth-order valence-electron chi connectivity index (χ4n) is 1.44. The molecule has 82 valence electrons. The third-order valence-electron chi connectivity index (χ3n) is 2.31. The fourth-order valence-corrected chi connectivity index (χ4v) is 2.45. The van der Waals surface area contributed by atoms with Crippen LogP contribution in [0, 0.1) is 6.92 Å². The molecule has 0 atom stereocenters. The zero-order valence-corrected chi connectivity index (χ0v) is 10.00. The molecular weight excluding hydrogens is 216 g/mol. The van der Waals surface area contributed by atoms with Gasteiger partial charge in [0.2, 0.25) is 0 Å². The Labute approximate surface area is 99.9 Å². The number of thioether (sulfide) groups is 1. The SMILES string of the molecule is Cc1cccc(SCc2cccnc2N)c1. The molecule has 1 heterocycles. The highest BCUT2D eigenvalue weighted by Crippen LogP contribution is 2.24. The molecule has 2 nitrogen and oxygen atoms in total. The van der Waals surface area contributed by atoms with Crippen molar-refractivity contribution in [1.82, 2.24) is 4.98 Å². The molecule has 0 saturated heterocycles. The summed E-state index contributed by atoms with van der Waals surface area (Å²) in [5, 5.41) is 0. The van der Waals surface area contributed by atoms with Gasteiger partial charge in [-0.1, -0.05) is 23.8 Å². The topological polar surface area (TPSA) is 38.9 Å². The summed E-state index contributed by atoms with van der Waals surface area (Å²) in [4.78, 5) is 5.34. The molecule has 0 spiro atoms. The van der Waals surface area contributed by atoms with Crippen molar-refractivity contribution < 1.29 is 0 Å². The highest BCUT2D eigenvalue weighted by Gasteiger charge is 2.00. The number of nitrogens with zero attached hydrogens (tertiary/aromatic N) is 1. The number of hydrogen-bond acceptors (Lipinski definition) is 3. The second-order valence-corrected chi connectivity index (χ2v) is 4.70. The van der Waals surface area contributed by atoms with E-state index >= 15 is 0 Å². The minimum atomic E-state index is 0.627. The summed E-state index contributed by atoms with van der Waals surface area (Å²) >= 11 is 1.78. The van der Waals surface area contributed by atoms with Crippen LogP contribution in [0.4, 0.5) is 5.82 Å². The summed E-state index contributed by atoms with van der Waals surface area (Å²) in [7, 11) is 0. The molecule has 0 aliphatic rings. The first kappa shape index (κ1) is 11.0. The summed E-state index contributed by atoms with van der Waals surface area (Å²) in [6.07, 6.45) is 1.72. The maximum absolute atomic E-state index is 5.79. The fraction of sp³-hybridized carbons (Fsp3) is 0.154. The van der Waals surface area contributed by atoms with E-state index in [2.05, 4.69) is 36.2 Å². The zero-order valence-electron chi connectivity index (χ0n) is 9.18. The van der Waals surface area contributed by atoms with E-state index in [1.807, 2.05) is 12.1 Å². The minimum Gasteiger partial charge on any atom is -0.383 e. The van der Waals surface area contributed by atoms with Crippen molar-refractivity contribution in [3.63, 3.8) is 0 Å². The first-order valence-corrected chi connectivity index (χ1v) is 6.13. The van der Waals surface area contributed by atoms with Crippen molar-refractivity contribution in [3.05, 3.63) is 53.7 Å². The Balaban J connectivity index is 2.05. The van der Waals surface area contributed by atoms with Gasteiger partial charge in [0, 0.05) is 22.4 Å². The third kappa shape index (κ3) is 2.76. The largest absolute Gasteiger partial charge is 0.383 e. The Morgan fingerprint density at radius 2 is 2.12 bits per heavy atom. The number of aromatic nitrogens is 1. The lowest BCUT2D eigenvalue weighted by atomic mass is 10.2. The van der Waals surface area contributed by atoms with Gasteiger partial charge in [0.05, 0.1) is 0 Å². The number of aryl methyl sites for hydroxylation is 1. The van der Waals surface area contributed by atoms with Crippen LogP contribution < -0.4 is 5.73 Å². The maximum Gasteiger partial charge on any atom is 0.127 e. The lowest BCUT2D eigenvalue weighted by Gasteiger charge is -2.04. The molecule has 2 N–H and O–H groups in total. The highest BCUT2D eigenvalue weighted by molar-refractivity contribution is 7.98. The zero-order chi connectivity index (χ0) is 11.4. The lowest BCUT2D eigenvalue weighted by Crippen LogP contribution is -1.95. The predicted molar refractivity (Wildman–Crippen MR) is 69.4 cm³/mol. The van der Waals surface area contributed by atoms with Crippen LogP contribution in [0.1, 0.15) is 11.1 Å². The molecule has 3 heteroatoms. The van der Waals surface area contributed by atoms with E-state index in [1.54, 1.807) is 18.0 Å². The molecule has 16 heavy (non-hydrogen) atoms. The molecule has 2 rings (SSSR count). The van der Waals surface area contributed by atoms with Gasteiger partial charge in [0.1, 0.15) is 5.82 Å². The highest BCUT2D eigenvalue weighted by atomic mass is 32.2. The first-order valence-electron chi connectivity index (χ1n) is 5.14. The van der Waals surface area contributed by atoms with Gasteiger partial charge in [-0.05, 0) is 25.1 Å². The van der Waals surface area contributed by atoms with E-state index in [0.29, 0.717) is 5.82 Å². The van der Waals surface area contributed by atoms with Gasteiger partial charge in [-0.15, -0.1) is 11.8 Å². The molecule has 0 radical (unpaired) electrons. The third-order valence-corrected chi connectivity index (χ3v) is 3.35. The smallest absolute Gasteiger partial charge is 0.127 e. The van der Waals surface area contributed by atoms with Crippen LogP contribution in [0.15, 0.2) is 47.5 Å². The van der Waals surface area contributed by atoms with Gasteiger partial charge < -0.3 is 5.73 Å². The van der Waals surface area contributed by atoms with Crippen LogP contribution >= 0.6 is 11.8 Å². The lowest BCUT2D eigenvalue weighted by molar-refractivity contribution is 1.26. The van der Waals surface area contributed by atoms with Gasteiger partial charge in [0.25, 0.3) is 0 Å². The van der Waals surface area contributed by atoms with E-state index in [-0.39, 0.29) is 0 Å². The summed E-state index contributed by atoms with van der Waals surface area (Å²) < 4.78 is 0. The van der Waals surface area contributed by atoms with Crippen LogP contribution in [-0.4, -0.2) is 4.98 Å². The van der Waals surface area contributed by atoms with E-state index in [0.717, 1.165) is 11.3 Å². The number of nitrogens with two attached hydrogens (primary N) is 1. The average molecular weight is 230 g/mol. The monoisotopic (exact) mass is 230 g/mol. The Kier molecular flexibility index (Phi) is 3.47. The van der Waals surface area contributed by atoms with Crippen LogP contribution in [0.2, 0.25) is 0 Å². The molecule has 0 unspecified atom stereocenters. The van der Waals surface area contributed by atoms with Crippen LogP contribution in [0.3, 0.4) is 0 Å². The number of anilines is 1. The molecule has 0 bridgehead atoms. The molecule has 0 aliphatic heterocycles. The normalized spacial score (nSPS) is 10.3. The summed E-state index contributed by atoms with van der Waals surface area (Å²) in [5.41, 5.74) is 8.16. The van der Waals surface area contributed by atoms with Gasteiger partial charge >= 0.3 is 0 Å². The van der Waals surface area contributed by atoms with Crippen LogP contribution in [0.5, 0.6) is 0 Å². The summed E-state index contributed by atoms with van der Waals surface area (Å²) in [6, 6.07) is 12.4. The quantitative estimate of drug-likeness (QED) is 0.822. The number of pyridine rings is 1. The number of hydrogen-bond donors (Lipinski definition) is 1. The van der Waals surface area contributed by atoms with Crippen molar-refractivity contribution in [1.29, 1.82) is 0 Å². The molecule has 0 amide bonds. The Morgan fingerprint density at radius 1 is 1.25 bits per heavy atom. The number of rotatable bonds is 3. The molecule has 1 aromatic carbocycles. The Morgan fingerprint density at radius 3 is 2.88 bits per heavy atom. The first-order chi connectivity index (χ1) is 7.75. The Bertz CT molecular complexity index is 483. The van der Waals surface area contributed by atoms with E-state index in [9.17, 15) is 0 Å². The Hall–Kier alpha value is -1.48.